The predicted octanol–water partition coefficient (Wildman–Crippen LogP) is 7.46. The van der Waals surface area contributed by atoms with Gasteiger partial charge in [0.1, 0.15) is 11.3 Å². The summed E-state index contributed by atoms with van der Waals surface area (Å²) in [6.45, 7) is 8.08. The first-order chi connectivity index (χ1) is 19.2. The van der Waals surface area contributed by atoms with Crippen LogP contribution in [0.5, 0.6) is 0 Å². The van der Waals surface area contributed by atoms with Crippen LogP contribution in [-0.2, 0) is 0 Å². The highest BCUT2D eigenvalue weighted by molar-refractivity contribution is 6.00. The van der Waals surface area contributed by atoms with Crippen LogP contribution in [0.15, 0.2) is 91.4 Å². The molecular weight excluding hydrogens is 480 g/mol. The number of fused-ring (bicyclic) bond motifs is 2. The number of aromatic amines is 2. The van der Waals surface area contributed by atoms with Gasteiger partial charge in [0.15, 0.2) is 0 Å². The van der Waals surface area contributed by atoms with Crippen molar-refractivity contribution in [2.45, 2.75) is 32.6 Å². The van der Waals surface area contributed by atoms with E-state index in [1.807, 2.05) is 30.6 Å². The minimum Gasteiger partial charge on any atom is -0.338 e. The molecule has 1 saturated carbocycles. The zero-order chi connectivity index (χ0) is 26.6. The summed E-state index contributed by atoms with van der Waals surface area (Å²) in [4.78, 5) is 12.4. The summed E-state index contributed by atoms with van der Waals surface area (Å²) in [7, 11) is 0. The monoisotopic (exact) mass is 514 g/mol. The third kappa shape index (κ3) is 5.20. The molecule has 0 unspecified atom stereocenters. The number of hydrogen-bond donors (Lipinski definition) is 3. The Balaban J connectivity index is 1.30. The SMILES string of the molecule is C=C/C(=C\C(=C/C)c1ccc2[nH]nc(-c3cc4c(-c5cccnc5)ccnc4[nH]3)c2c1)CNCC1CCCC1. The summed E-state index contributed by atoms with van der Waals surface area (Å²) >= 11 is 0. The Labute approximate surface area is 229 Å². The molecular formula is C33H34N6. The molecule has 4 aromatic heterocycles. The Morgan fingerprint density at radius 2 is 2.00 bits per heavy atom. The molecule has 6 rings (SSSR count). The number of aromatic nitrogens is 5. The normalized spacial score (nSPS) is 15.0. The van der Waals surface area contributed by atoms with E-state index in [9.17, 15) is 0 Å². The summed E-state index contributed by atoms with van der Waals surface area (Å²) in [6, 6.07) is 14.7. The van der Waals surface area contributed by atoms with Crippen LogP contribution < -0.4 is 5.32 Å². The van der Waals surface area contributed by atoms with Gasteiger partial charge in [-0.15, -0.1) is 0 Å². The van der Waals surface area contributed by atoms with Crippen LogP contribution in [0.4, 0.5) is 0 Å². The van der Waals surface area contributed by atoms with Crippen molar-refractivity contribution < 1.29 is 0 Å². The van der Waals surface area contributed by atoms with Gasteiger partial charge < -0.3 is 10.3 Å². The lowest BCUT2D eigenvalue weighted by molar-refractivity contribution is 0.503. The molecule has 3 N–H and O–H groups in total. The lowest BCUT2D eigenvalue weighted by Gasteiger charge is -2.12. The van der Waals surface area contributed by atoms with E-state index in [-0.39, 0.29) is 0 Å². The molecule has 196 valence electrons. The molecule has 1 aliphatic carbocycles. The van der Waals surface area contributed by atoms with Crippen molar-refractivity contribution in [3.63, 3.8) is 0 Å². The van der Waals surface area contributed by atoms with Crippen LogP contribution in [0.1, 0.15) is 38.2 Å². The fraction of sp³-hybridized carbons (Fsp3) is 0.242. The highest BCUT2D eigenvalue weighted by Crippen LogP contribution is 2.34. The maximum Gasteiger partial charge on any atom is 0.138 e. The number of H-pyrrole nitrogens is 2. The van der Waals surface area contributed by atoms with Gasteiger partial charge in [-0.2, -0.15) is 5.10 Å². The van der Waals surface area contributed by atoms with E-state index in [2.05, 4.69) is 86.5 Å². The predicted molar refractivity (Wildman–Crippen MR) is 161 cm³/mol. The maximum absolute atomic E-state index is 4.69. The molecule has 1 fully saturated rings. The van der Waals surface area contributed by atoms with Crippen molar-refractivity contribution in [2.75, 3.05) is 13.1 Å². The van der Waals surface area contributed by atoms with Gasteiger partial charge in [0, 0.05) is 41.5 Å². The van der Waals surface area contributed by atoms with Gasteiger partial charge in [0.05, 0.1) is 11.2 Å². The topological polar surface area (TPSA) is 82.3 Å². The minimum absolute atomic E-state index is 0.819. The molecule has 0 bridgehead atoms. The average molecular weight is 515 g/mol. The molecule has 1 aliphatic rings. The van der Waals surface area contributed by atoms with Crippen LogP contribution in [0, 0.1) is 5.92 Å². The Bertz CT molecular complexity index is 1660. The molecule has 4 heterocycles. The minimum atomic E-state index is 0.819. The summed E-state index contributed by atoms with van der Waals surface area (Å²) < 4.78 is 0. The van der Waals surface area contributed by atoms with E-state index in [0.29, 0.717) is 0 Å². The first-order valence-corrected chi connectivity index (χ1v) is 13.8. The molecule has 0 atom stereocenters. The first kappa shape index (κ1) is 25.0. The first-order valence-electron chi connectivity index (χ1n) is 13.8. The molecule has 0 aliphatic heterocycles. The van der Waals surface area contributed by atoms with Crippen LogP contribution >= 0.6 is 0 Å². The quantitative estimate of drug-likeness (QED) is 0.178. The molecule has 6 heteroatoms. The lowest BCUT2D eigenvalue weighted by Crippen LogP contribution is -2.23. The highest BCUT2D eigenvalue weighted by Gasteiger charge is 2.16. The van der Waals surface area contributed by atoms with E-state index >= 15 is 0 Å². The molecule has 0 spiro atoms. The van der Waals surface area contributed by atoms with Gasteiger partial charge in [0.2, 0.25) is 0 Å². The molecule has 0 amide bonds. The molecule has 0 saturated heterocycles. The van der Waals surface area contributed by atoms with Gasteiger partial charge in [0.25, 0.3) is 0 Å². The average Bonchev–Trinajstić information content (AvgIpc) is 3.74. The van der Waals surface area contributed by atoms with E-state index < -0.39 is 0 Å². The molecule has 6 nitrogen and oxygen atoms in total. The van der Waals surface area contributed by atoms with E-state index in [4.69, 9.17) is 0 Å². The lowest BCUT2D eigenvalue weighted by atomic mass is 9.99. The standard InChI is InChI=1S/C33H34N6/c1-3-22(19-35-20-23-8-5-6-9-23)16-24(4-2)25-11-12-30-29(17-25)32(39-38-30)31-18-28-27(13-15-36-33(28)37-31)26-10-7-14-34-21-26/h3-4,7,10-18,21,23,35H,1,5-6,8-9,19-20H2,2H3,(H,36,37)(H,38,39)/b22-16+,24-4+. The molecule has 5 aromatic rings. The van der Waals surface area contributed by atoms with Crippen LogP contribution in [0.3, 0.4) is 0 Å². The second-order valence-electron chi connectivity index (χ2n) is 10.3. The third-order valence-electron chi connectivity index (χ3n) is 7.81. The van der Waals surface area contributed by atoms with E-state index in [0.717, 1.165) is 69.0 Å². The van der Waals surface area contributed by atoms with Gasteiger partial charge >= 0.3 is 0 Å². The maximum atomic E-state index is 4.69. The number of benzene rings is 1. The number of rotatable bonds is 9. The zero-order valence-corrected chi connectivity index (χ0v) is 22.4. The molecule has 0 radical (unpaired) electrons. The number of pyridine rings is 2. The number of nitrogens with zero attached hydrogens (tertiary/aromatic N) is 3. The van der Waals surface area contributed by atoms with Crippen molar-refractivity contribution in [3.05, 3.63) is 97.0 Å². The van der Waals surface area contributed by atoms with E-state index in [1.165, 1.54) is 36.8 Å². The Morgan fingerprint density at radius 1 is 1.10 bits per heavy atom. The molecule has 1 aromatic carbocycles. The third-order valence-corrected chi connectivity index (χ3v) is 7.81. The van der Waals surface area contributed by atoms with Gasteiger partial charge in [-0.3, -0.25) is 10.1 Å². The summed E-state index contributed by atoms with van der Waals surface area (Å²) in [5.74, 6) is 0.819. The largest absolute Gasteiger partial charge is 0.338 e. The van der Waals surface area contributed by atoms with Crippen molar-refractivity contribution >= 4 is 27.5 Å². The Hall–Kier alpha value is -4.29. The second-order valence-corrected chi connectivity index (χ2v) is 10.3. The van der Waals surface area contributed by atoms with Gasteiger partial charge in [-0.1, -0.05) is 49.8 Å². The zero-order valence-electron chi connectivity index (χ0n) is 22.4. The van der Waals surface area contributed by atoms with Crippen LogP contribution in [-0.4, -0.2) is 38.2 Å². The summed E-state index contributed by atoms with van der Waals surface area (Å²) in [5.41, 5.74) is 9.29. The second kappa shape index (κ2) is 11.2. The van der Waals surface area contributed by atoms with Gasteiger partial charge in [-0.25, -0.2) is 4.98 Å². The Kier molecular flexibility index (Phi) is 7.19. The van der Waals surface area contributed by atoms with Crippen molar-refractivity contribution in [1.29, 1.82) is 0 Å². The van der Waals surface area contributed by atoms with Crippen molar-refractivity contribution in [2.24, 2.45) is 5.92 Å². The Morgan fingerprint density at radius 3 is 2.79 bits per heavy atom. The molecule has 39 heavy (non-hydrogen) atoms. The number of hydrogen-bond acceptors (Lipinski definition) is 4. The summed E-state index contributed by atoms with van der Waals surface area (Å²) in [6.07, 6.45) is 17.3. The summed E-state index contributed by atoms with van der Waals surface area (Å²) in [5, 5.41) is 13.7. The van der Waals surface area contributed by atoms with E-state index in [1.54, 1.807) is 6.20 Å². The van der Waals surface area contributed by atoms with Crippen molar-refractivity contribution in [1.82, 2.24) is 30.5 Å². The fourth-order valence-electron chi connectivity index (χ4n) is 5.68. The fourth-order valence-corrected chi connectivity index (χ4v) is 5.68. The smallest absolute Gasteiger partial charge is 0.138 e. The van der Waals surface area contributed by atoms with Crippen LogP contribution in [0.25, 0.3) is 50.0 Å². The highest BCUT2D eigenvalue weighted by atomic mass is 15.1. The van der Waals surface area contributed by atoms with Gasteiger partial charge in [-0.05, 0) is 84.8 Å². The number of allylic oxidation sites excluding steroid dienone is 3. The van der Waals surface area contributed by atoms with Crippen molar-refractivity contribution in [3.8, 4) is 22.5 Å². The van der Waals surface area contributed by atoms with Crippen LogP contribution in [0.2, 0.25) is 0 Å². The number of nitrogens with one attached hydrogen (secondary N) is 3.